The Morgan fingerprint density at radius 1 is 1.21 bits per heavy atom. The van der Waals surface area contributed by atoms with E-state index in [1.165, 1.54) is 32.2 Å². The highest BCUT2D eigenvalue weighted by atomic mass is 16.3. The highest BCUT2D eigenvalue weighted by Crippen LogP contribution is 2.31. The summed E-state index contributed by atoms with van der Waals surface area (Å²) >= 11 is 0. The summed E-state index contributed by atoms with van der Waals surface area (Å²) in [6, 6.07) is 0.805. The molecule has 0 aromatic rings. The second-order valence-corrected chi connectivity index (χ2v) is 6.93. The predicted octanol–water partition coefficient (Wildman–Crippen LogP) is 2.25. The van der Waals surface area contributed by atoms with Crippen molar-refractivity contribution in [2.24, 2.45) is 11.3 Å². The van der Waals surface area contributed by atoms with Gasteiger partial charge < -0.3 is 15.3 Å². The summed E-state index contributed by atoms with van der Waals surface area (Å²) in [5.74, 6) is 0.427. The Morgan fingerprint density at radius 2 is 1.89 bits per heavy atom. The van der Waals surface area contributed by atoms with Crippen LogP contribution in [0.25, 0.3) is 0 Å². The second-order valence-electron chi connectivity index (χ2n) is 6.93. The van der Waals surface area contributed by atoms with Gasteiger partial charge in [0, 0.05) is 32.2 Å². The molecule has 1 aliphatic carbocycles. The molecule has 1 saturated heterocycles. The van der Waals surface area contributed by atoms with Gasteiger partial charge in [0.15, 0.2) is 0 Å². The van der Waals surface area contributed by atoms with Gasteiger partial charge in [-0.2, -0.15) is 0 Å². The first-order valence-corrected chi connectivity index (χ1v) is 8.22. The molecule has 0 aromatic heterocycles. The number of piperidine rings is 1. The van der Waals surface area contributed by atoms with Gasteiger partial charge in [-0.05, 0) is 43.4 Å². The van der Waals surface area contributed by atoms with E-state index in [2.05, 4.69) is 31.0 Å². The molecule has 3 heteroatoms. The van der Waals surface area contributed by atoms with Gasteiger partial charge in [-0.1, -0.05) is 20.8 Å². The van der Waals surface area contributed by atoms with Gasteiger partial charge >= 0.3 is 0 Å². The normalized spacial score (nSPS) is 29.7. The summed E-state index contributed by atoms with van der Waals surface area (Å²) in [6.45, 7) is 11.3. The number of nitrogens with zero attached hydrogens (tertiary/aromatic N) is 1. The fourth-order valence-electron chi connectivity index (χ4n) is 3.27. The largest absolute Gasteiger partial charge is 0.393 e. The number of rotatable bonds is 7. The molecule has 0 spiro atoms. The molecule has 2 N–H and O–H groups in total. The van der Waals surface area contributed by atoms with E-state index < -0.39 is 0 Å². The predicted molar refractivity (Wildman–Crippen MR) is 80.3 cm³/mol. The summed E-state index contributed by atoms with van der Waals surface area (Å²) in [7, 11) is 0. The molecule has 1 aliphatic heterocycles. The van der Waals surface area contributed by atoms with Crippen molar-refractivity contribution >= 4 is 0 Å². The molecule has 2 aliphatic rings. The van der Waals surface area contributed by atoms with Crippen LogP contribution in [0.3, 0.4) is 0 Å². The first-order valence-electron chi connectivity index (χ1n) is 8.22. The summed E-state index contributed by atoms with van der Waals surface area (Å²) in [5.41, 5.74) is 0.421. The van der Waals surface area contributed by atoms with E-state index in [0.29, 0.717) is 11.3 Å². The molecule has 112 valence electrons. The van der Waals surface area contributed by atoms with Gasteiger partial charge in [0.05, 0.1) is 6.10 Å². The minimum absolute atomic E-state index is 0.0847. The van der Waals surface area contributed by atoms with E-state index in [1.54, 1.807) is 0 Å². The number of aliphatic hydroxyl groups excluding tert-OH is 1. The van der Waals surface area contributed by atoms with Gasteiger partial charge in [-0.3, -0.25) is 0 Å². The Hall–Kier alpha value is -0.120. The van der Waals surface area contributed by atoms with Crippen molar-refractivity contribution in [3.05, 3.63) is 0 Å². The third kappa shape index (κ3) is 4.17. The minimum atomic E-state index is -0.0847. The van der Waals surface area contributed by atoms with E-state index in [4.69, 9.17) is 0 Å². The summed E-state index contributed by atoms with van der Waals surface area (Å²) in [5, 5.41) is 13.6. The van der Waals surface area contributed by atoms with E-state index >= 15 is 0 Å². The third-order valence-electron chi connectivity index (χ3n) is 5.35. The summed E-state index contributed by atoms with van der Waals surface area (Å²) in [4.78, 5) is 2.58. The molecular weight excluding hydrogens is 236 g/mol. The van der Waals surface area contributed by atoms with Crippen molar-refractivity contribution < 1.29 is 5.11 Å². The quantitative estimate of drug-likeness (QED) is 0.743. The fraction of sp³-hybridized carbons (Fsp3) is 1.00. The summed E-state index contributed by atoms with van der Waals surface area (Å²) in [6.07, 6.45) is 6.10. The van der Waals surface area contributed by atoms with Crippen molar-refractivity contribution in [2.45, 2.75) is 65.0 Å². The van der Waals surface area contributed by atoms with Crippen LogP contribution in [0.4, 0.5) is 0 Å². The zero-order valence-electron chi connectivity index (χ0n) is 13.0. The molecule has 2 unspecified atom stereocenters. The highest BCUT2D eigenvalue weighted by molar-refractivity contribution is 4.90. The monoisotopic (exact) mass is 268 g/mol. The van der Waals surface area contributed by atoms with Crippen LogP contribution in [0.5, 0.6) is 0 Å². The van der Waals surface area contributed by atoms with Crippen LogP contribution in [0.1, 0.15) is 52.9 Å². The second kappa shape index (κ2) is 6.55. The summed E-state index contributed by atoms with van der Waals surface area (Å²) < 4.78 is 0. The van der Waals surface area contributed by atoms with Crippen molar-refractivity contribution in [3.63, 3.8) is 0 Å². The lowest BCUT2D eigenvalue weighted by Crippen LogP contribution is -2.49. The zero-order chi connectivity index (χ0) is 13.9. The van der Waals surface area contributed by atoms with Gasteiger partial charge in [0.2, 0.25) is 0 Å². The molecule has 0 amide bonds. The maximum atomic E-state index is 9.85. The first kappa shape index (κ1) is 15.3. The Morgan fingerprint density at radius 3 is 2.42 bits per heavy atom. The van der Waals surface area contributed by atoms with Crippen molar-refractivity contribution in [3.8, 4) is 0 Å². The number of aliphatic hydroxyl groups is 1. The molecule has 0 bridgehead atoms. The molecule has 1 heterocycles. The van der Waals surface area contributed by atoms with Gasteiger partial charge in [-0.15, -0.1) is 0 Å². The van der Waals surface area contributed by atoms with Crippen LogP contribution >= 0.6 is 0 Å². The number of hydrogen-bond acceptors (Lipinski definition) is 3. The van der Waals surface area contributed by atoms with Crippen molar-refractivity contribution in [2.75, 3.05) is 26.2 Å². The SMILES string of the molecule is CCC(CC)(CNC1CC1)CN1CCC(O)C(C)C1. The molecule has 3 nitrogen and oxygen atoms in total. The van der Waals surface area contributed by atoms with Crippen LogP contribution in [-0.4, -0.2) is 48.3 Å². The number of likely N-dealkylation sites (tertiary alicyclic amines) is 1. The lowest BCUT2D eigenvalue weighted by Gasteiger charge is -2.42. The zero-order valence-corrected chi connectivity index (χ0v) is 13.0. The Labute approximate surface area is 118 Å². The third-order valence-corrected chi connectivity index (χ3v) is 5.35. The molecule has 2 fully saturated rings. The van der Waals surface area contributed by atoms with Crippen LogP contribution in [0, 0.1) is 11.3 Å². The van der Waals surface area contributed by atoms with Crippen LogP contribution < -0.4 is 5.32 Å². The van der Waals surface area contributed by atoms with E-state index in [0.717, 1.165) is 32.1 Å². The average Bonchev–Trinajstić information content (AvgIpc) is 3.23. The van der Waals surface area contributed by atoms with E-state index in [-0.39, 0.29) is 6.10 Å². The van der Waals surface area contributed by atoms with E-state index in [9.17, 15) is 5.11 Å². The maximum absolute atomic E-state index is 9.85. The number of hydrogen-bond donors (Lipinski definition) is 2. The molecule has 1 saturated carbocycles. The average molecular weight is 268 g/mol. The molecule has 0 radical (unpaired) electrons. The highest BCUT2D eigenvalue weighted by Gasteiger charge is 2.34. The fourth-order valence-corrected chi connectivity index (χ4v) is 3.27. The Balaban J connectivity index is 1.87. The molecule has 19 heavy (non-hydrogen) atoms. The van der Waals surface area contributed by atoms with Crippen molar-refractivity contribution in [1.29, 1.82) is 0 Å². The smallest absolute Gasteiger partial charge is 0.0590 e. The maximum Gasteiger partial charge on any atom is 0.0590 e. The minimum Gasteiger partial charge on any atom is -0.393 e. The molecule has 2 rings (SSSR count). The standard InChI is InChI=1S/C16H32N2O/c1-4-16(5-2,11-17-14-6-7-14)12-18-9-8-15(19)13(3)10-18/h13-15,17,19H,4-12H2,1-3H3. The lowest BCUT2D eigenvalue weighted by molar-refractivity contribution is 0.0143. The van der Waals surface area contributed by atoms with Crippen LogP contribution in [0.2, 0.25) is 0 Å². The first-order chi connectivity index (χ1) is 9.08. The lowest BCUT2D eigenvalue weighted by atomic mass is 9.80. The van der Waals surface area contributed by atoms with Crippen LogP contribution in [-0.2, 0) is 0 Å². The van der Waals surface area contributed by atoms with Gasteiger partial charge in [0.25, 0.3) is 0 Å². The van der Waals surface area contributed by atoms with Crippen molar-refractivity contribution in [1.82, 2.24) is 10.2 Å². The molecular formula is C16H32N2O. The van der Waals surface area contributed by atoms with Gasteiger partial charge in [0.1, 0.15) is 0 Å². The molecule has 2 atom stereocenters. The topological polar surface area (TPSA) is 35.5 Å². The Bertz CT molecular complexity index is 274. The van der Waals surface area contributed by atoms with Crippen LogP contribution in [0.15, 0.2) is 0 Å². The van der Waals surface area contributed by atoms with Gasteiger partial charge in [-0.25, -0.2) is 0 Å². The van der Waals surface area contributed by atoms with E-state index in [1.807, 2.05) is 0 Å². The molecule has 0 aromatic carbocycles. The Kier molecular flexibility index (Phi) is 5.27. The number of nitrogens with one attached hydrogen (secondary N) is 1.